The van der Waals surface area contributed by atoms with Crippen LogP contribution in [0.15, 0.2) is 34.7 Å². The fourth-order valence-corrected chi connectivity index (χ4v) is 3.71. The monoisotopic (exact) mass is 362 g/mol. The first-order chi connectivity index (χ1) is 12.4. The Morgan fingerprint density at radius 2 is 1.41 bits per heavy atom. The van der Waals surface area contributed by atoms with Crippen molar-refractivity contribution in [3.8, 4) is 11.1 Å². The van der Waals surface area contributed by atoms with Crippen LogP contribution in [-0.2, 0) is 10.8 Å². The maximum absolute atomic E-state index is 11.9. The second kappa shape index (κ2) is 6.37. The minimum atomic E-state index is -0.0860. The molecule has 0 bridgehead atoms. The molecular weight excluding hydrogens is 332 g/mol. The molecule has 0 fully saturated rings. The van der Waals surface area contributed by atoms with Crippen molar-refractivity contribution in [2.75, 3.05) is 0 Å². The molecule has 3 aromatic rings. The Morgan fingerprint density at radius 1 is 0.815 bits per heavy atom. The smallest absolute Gasteiger partial charge is 0.186 e. The molecule has 0 spiro atoms. The third-order valence-electron chi connectivity index (χ3n) is 5.11. The van der Waals surface area contributed by atoms with E-state index in [1.165, 1.54) is 16.7 Å². The topological polar surface area (TPSA) is 30.2 Å². The SMILES string of the molecule is Cc1cc(C)cc(-c2c(C=O)oc3c(C(C)(C)C)cc(C(C)(C)C)cc23)c1. The Balaban J connectivity index is 2.48. The normalized spacial score (nSPS) is 12.6. The molecule has 1 heterocycles. The summed E-state index contributed by atoms with van der Waals surface area (Å²) in [6.07, 6.45) is 0.843. The van der Waals surface area contributed by atoms with Crippen LogP contribution in [0.25, 0.3) is 22.1 Å². The van der Waals surface area contributed by atoms with Gasteiger partial charge in [-0.15, -0.1) is 0 Å². The summed E-state index contributed by atoms with van der Waals surface area (Å²) >= 11 is 0. The maximum Gasteiger partial charge on any atom is 0.186 e. The molecule has 0 atom stereocenters. The van der Waals surface area contributed by atoms with Crippen molar-refractivity contribution >= 4 is 17.3 Å². The summed E-state index contributed by atoms with van der Waals surface area (Å²) in [5.41, 5.74) is 7.45. The van der Waals surface area contributed by atoms with E-state index in [9.17, 15) is 4.79 Å². The van der Waals surface area contributed by atoms with Gasteiger partial charge in [0.1, 0.15) is 5.58 Å². The third-order valence-corrected chi connectivity index (χ3v) is 5.11. The van der Waals surface area contributed by atoms with E-state index in [1.807, 2.05) is 0 Å². The molecule has 0 aliphatic carbocycles. The summed E-state index contributed by atoms with van der Waals surface area (Å²) in [4.78, 5) is 11.9. The van der Waals surface area contributed by atoms with E-state index in [1.54, 1.807) is 0 Å². The fourth-order valence-electron chi connectivity index (χ4n) is 3.71. The predicted octanol–water partition coefficient (Wildman–Crippen LogP) is 7.12. The number of aldehydes is 1. The number of furan rings is 1. The standard InChI is InChI=1S/C25H30O2/c1-15-9-16(2)11-17(10-15)22-19-12-18(24(3,4)5)13-20(25(6,7)8)23(19)27-21(22)14-26/h9-14H,1-8H3. The summed E-state index contributed by atoms with van der Waals surface area (Å²) in [7, 11) is 0. The molecule has 0 unspecified atom stereocenters. The summed E-state index contributed by atoms with van der Waals surface area (Å²) in [6.45, 7) is 17.4. The Bertz CT molecular complexity index is 1000. The second-order valence-corrected chi connectivity index (χ2v) is 9.74. The van der Waals surface area contributed by atoms with Crippen LogP contribution >= 0.6 is 0 Å². The van der Waals surface area contributed by atoms with Crippen molar-refractivity contribution < 1.29 is 9.21 Å². The summed E-state index contributed by atoms with van der Waals surface area (Å²) in [6, 6.07) is 10.9. The van der Waals surface area contributed by atoms with Gasteiger partial charge in [-0.05, 0) is 41.9 Å². The molecular formula is C25H30O2. The van der Waals surface area contributed by atoms with Gasteiger partial charge in [-0.3, -0.25) is 4.79 Å². The fraction of sp³-hybridized carbons (Fsp3) is 0.400. The second-order valence-electron chi connectivity index (χ2n) is 9.74. The Morgan fingerprint density at radius 3 is 1.89 bits per heavy atom. The highest BCUT2D eigenvalue weighted by Gasteiger charge is 2.27. The van der Waals surface area contributed by atoms with Crippen LogP contribution in [0, 0.1) is 13.8 Å². The zero-order valence-corrected chi connectivity index (χ0v) is 17.8. The van der Waals surface area contributed by atoms with Crippen molar-refractivity contribution in [2.24, 2.45) is 0 Å². The number of hydrogen-bond acceptors (Lipinski definition) is 2. The first-order valence-electron chi connectivity index (χ1n) is 9.57. The lowest BCUT2D eigenvalue weighted by molar-refractivity contribution is 0.110. The molecule has 0 aliphatic heterocycles. The lowest BCUT2D eigenvalue weighted by Gasteiger charge is -2.25. The number of aryl methyl sites for hydroxylation is 2. The average Bonchev–Trinajstić information content (AvgIpc) is 2.89. The number of carbonyl (C=O) groups is 1. The molecule has 0 saturated carbocycles. The van der Waals surface area contributed by atoms with Gasteiger partial charge in [0.25, 0.3) is 0 Å². The first kappa shape index (κ1) is 19.4. The van der Waals surface area contributed by atoms with E-state index in [-0.39, 0.29) is 10.8 Å². The summed E-state index contributed by atoms with van der Waals surface area (Å²) in [5.74, 6) is 0.409. The van der Waals surface area contributed by atoms with Gasteiger partial charge in [-0.2, -0.15) is 0 Å². The lowest BCUT2D eigenvalue weighted by atomic mass is 9.79. The molecule has 1 aromatic heterocycles. The number of fused-ring (bicyclic) bond motifs is 1. The molecule has 2 heteroatoms. The van der Waals surface area contributed by atoms with Gasteiger partial charge in [-0.1, -0.05) is 76.9 Å². The minimum Gasteiger partial charge on any atom is -0.452 e. The van der Waals surface area contributed by atoms with Crippen LogP contribution in [0.2, 0.25) is 0 Å². The largest absolute Gasteiger partial charge is 0.452 e. The van der Waals surface area contributed by atoms with Crippen LogP contribution < -0.4 is 0 Å². The molecule has 0 radical (unpaired) electrons. The third kappa shape index (κ3) is 3.58. The maximum atomic E-state index is 11.9. The van der Waals surface area contributed by atoms with E-state index in [4.69, 9.17) is 4.42 Å². The van der Waals surface area contributed by atoms with Crippen LogP contribution in [0.4, 0.5) is 0 Å². The molecule has 3 rings (SSSR count). The molecule has 142 valence electrons. The summed E-state index contributed by atoms with van der Waals surface area (Å²) < 4.78 is 6.14. The zero-order chi connectivity index (χ0) is 20.1. The number of carbonyl (C=O) groups excluding carboxylic acids is 1. The lowest BCUT2D eigenvalue weighted by Crippen LogP contribution is -2.16. The van der Waals surface area contributed by atoms with Gasteiger partial charge in [-0.25, -0.2) is 0 Å². The highest BCUT2D eigenvalue weighted by molar-refractivity contribution is 6.04. The molecule has 0 saturated heterocycles. The van der Waals surface area contributed by atoms with Crippen molar-refractivity contribution in [3.05, 3.63) is 58.3 Å². The van der Waals surface area contributed by atoms with Gasteiger partial charge >= 0.3 is 0 Å². The number of benzene rings is 2. The molecule has 0 N–H and O–H groups in total. The average molecular weight is 363 g/mol. The highest BCUT2D eigenvalue weighted by atomic mass is 16.3. The van der Waals surface area contributed by atoms with Gasteiger partial charge in [0.15, 0.2) is 12.0 Å². The van der Waals surface area contributed by atoms with E-state index in [0.29, 0.717) is 5.76 Å². The first-order valence-corrected chi connectivity index (χ1v) is 9.57. The molecule has 0 aliphatic rings. The summed E-state index contributed by atoms with van der Waals surface area (Å²) in [5, 5.41) is 1.03. The molecule has 27 heavy (non-hydrogen) atoms. The van der Waals surface area contributed by atoms with Crippen molar-refractivity contribution in [2.45, 2.75) is 66.2 Å². The van der Waals surface area contributed by atoms with Crippen molar-refractivity contribution in [1.82, 2.24) is 0 Å². The Labute approximate surface area is 162 Å². The van der Waals surface area contributed by atoms with E-state index in [2.05, 4.69) is 85.7 Å². The van der Waals surface area contributed by atoms with Gasteiger partial charge in [0.2, 0.25) is 0 Å². The number of rotatable bonds is 2. The predicted molar refractivity (Wildman–Crippen MR) is 114 cm³/mol. The molecule has 2 aromatic carbocycles. The highest BCUT2D eigenvalue weighted by Crippen LogP contribution is 2.42. The van der Waals surface area contributed by atoms with E-state index in [0.717, 1.165) is 33.9 Å². The number of hydrogen-bond donors (Lipinski definition) is 0. The van der Waals surface area contributed by atoms with E-state index >= 15 is 0 Å². The Kier molecular flexibility index (Phi) is 4.58. The Hall–Kier alpha value is -2.35. The van der Waals surface area contributed by atoms with Crippen LogP contribution in [0.3, 0.4) is 0 Å². The van der Waals surface area contributed by atoms with Crippen molar-refractivity contribution in [1.29, 1.82) is 0 Å². The van der Waals surface area contributed by atoms with Crippen molar-refractivity contribution in [3.63, 3.8) is 0 Å². The van der Waals surface area contributed by atoms with Gasteiger partial charge < -0.3 is 4.42 Å². The van der Waals surface area contributed by atoms with Crippen LogP contribution in [-0.4, -0.2) is 6.29 Å². The minimum absolute atomic E-state index is 0.00654. The molecule has 0 amide bonds. The van der Waals surface area contributed by atoms with Crippen LogP contribution in [0.5, 0.6) is 0 Å². The van der Waals surface area contributed by atoms with Crippen LogP contribution in [0.1, 0.15) is 74.4 Å². The van der Waals surface area contributed by atoms with Gasteiger partial charge in [0, 0.05) is 16.5 Å². The zero-order valence-electron chi connectivity index (χ0n) is 17.8. The van der Waals surface area contributed by atoms with E-state index < -0.39 is 0 Å². The quantitative estimate of drug-likeness (QED) is 0.454. The van der Waals surface area contributed by atoms with Gasteiger partial charge in [0.05, 0.1) is 0 Å². The molecule has 2 nitrogen and oxygen atoms in total.